The smallest absolute Gasteiger partial charge is 0.247 e. The number of aliphatic hydroxyl groups excluding tert-OH is 1. The first-order valence-corrected chi connectivity index (χ1v) is 16.1. The van der Waals surface area contributed by atoms with Crippen molar-refractivity contribution >= 4 is 27.7 Å². The first-order valence-electron chi connectivity index (χ1n) is 14.6. The van der Waals surface area contributed by atoms with Crippen LogP contribution in [-0.2, 0) is 31.0 Å². The van der Waals surface area contributed by atoms with Gasteiger partial charge < -0.3 is 25.4 Å². The highest BCUT2D eigenvalue weighted by molar-refractivity contribution is 7.89. The fourth-order valence-corrected chi connectivity index (χ4v) is 6.21. The molecule has 12 heteroatoms. The number of rotatable bonds is 8. The lowest BCUT2D eigenvalue weighted by Gasteiger charge is -2.32. The Morgan fingerprint density at radius 2 is 1.69 bits per heavy atom. The van der Waals surface area contributed by atoms with Gasteiger partial charge in [0.15, 0.2) is 0 Å². The molecule has 3 aromatic rings. The van der Waals surface area contributed by atoms with E-state index < -0.39 is 33.8 Å². The maximum atomic E-state index is 14.1. The van der Waals surface area contributed by atoms with Crippen molar-refractivity contribution in [1.82, 2.24) is 19.8 Å². The number of aryl methyl sites for hydroxylation is 1. The normalized spacial score (nSPS) is 18.3. The predicted octanol–water partition coefficient (Wildman–Crippen LogP) is 2.32. The topological polar surface area (TPSA) is 145 Å². The van der Waals surface area contributed by atoms with Gasteiger partial charge in [0.1, 0.15) is 18.4 Å². The van der Waals surface area contributed by atoms with E-state index in [9.17, 15) is 27.9 Å². The zero-order chi connectivity index (χ0) is 32.2. The third-order valence-electron chi connectivity index (χ3n) is 7.16. The van der Waals surface area contributed by atoms with Gasteiger partial charge in [0.05, 0.1) is 18.0 Å². The number of aliphatic hydroxyl groups is 1. The first-order chi connectivity index (χ1) is 21.7. The van der Waals surface area contributed by atoms with Crippen LogP contribution in [0.2, 0.25) is 0 Å². The van der Waals surface area contributed by atoms with Crippen LogP contribution in [-0.4, -0.2) is 79.8 Å². The molecule has 0 bridgehead atoms. The van der Waals surface area contributed by atoms with E-state index in [1.165, 1.54) is 21.3 Å². The minimum Gasteiger partial charge on any atom is -0.491 e. The minimum absolute atomic E-state index is 0.0249. The number of nitrogens with one attached hydrogen (secondary N) is 2. The van der Waals surface area contributed by atoms with Crippen molar-refractivity contribution in [1.29, 1.82) is 0 Å². The van der Waals surface area contributed by atoms with E-state index in [2.05, 4.69) is 10.6 Å². The molecule has 1 unspecified atom stereocenters. The molecule has 0 saturated carbocycles. The molecule has 1 atom stereocenters. The molecule has 4 rings (SSSR count). The number of amides is 3. The van der Waals surface area contributed by atoms with Gasteiger partial charge in [-0.25, -0.2) is 8.42 Å². The first kappa shape index (κ1) is 33.4. The molecule has 3 aromatic carbocycles. The zero-order valence-electron chi connectivity index (χ0n) is 25.1. The van der Waals surface area contributed by atoms with Crippen LogP contribution in [0.4, 0.5) is 0 Å². The summed E-state index contributed by atoms with van der Waals surface area (Å²) in [6.45, 7) is 1.35. The average Bonchev–Trinajstić information content (AvgIpc) is 3.04. The summed E-state index contributed by atoms with van der Waals surface area (Å²) in [6, 6.07) is 21.0. The Balaban J connectivity index is 1.75. The summed E-state index contributed by atoms with van der Waals surface area (Å²) >= 11 is 0. The lowest BCUT2D eigenvalue weighted by atomic mass is 10.0. The van der Waals surface area contributed by atoms with Gasteiger partial charge in [-0.3, -0.25) is 14.4 Å². The highest BCUT2D eigenvalue weighted by atomic mass is 32.2. The SMILES string of the molecule is Cc1ccc(S(=O)(=O)N2C/C=C\CNC(=O)CNC(=O)C(c3cccc(OCCO)c3)N(Cc3ccccc3)C(=O)CC2)cc1. The standard InChI is InChI=1S/C33H38N4O7S/c1-25-12-14-29(15-13-25)45(42,43)36-18-6-5-17-34-30(39)23-35-33(41)32(27-10-7-11-28(22-27)44-21-20-38)37(31(40)16-19-36)24-26-8-3-2-4-9-26/h2-15,22,32,38H,16-21,23-24H2,1H3,(H,34,39)(H,35,41)/b6-5-. The highest BCUT2D eigenvalue weighted by Crippen LogP contribution is 2.28. The van der Waals surface area contributed by atoms with Crippen LogP contribution in [0.3, 0.4) is 0 Å². The quantitative estimate of drug-likeness (QED) is 0.323. The molecule has 0 aromatic heterocycles. The summed E-state index contributed by atoms with van der Waals surface area (Å²) in [7, 11) is -3.98. The third kappa shape index (κ3) is 9.24. The van der Waals surface area contributed by atoms with Gasteiger partial charge in [-0.1, -0.05) is 72.3 Å². The molecule has 0 radical (unpaired) electrons. The van der Waals surface area contributed by atoms with Crippen molar-refractivity contribution in [3.8, 4) is 5.75 Å². The third-order valence-corrected chi connectivity index (χ3v) is 9.04. The number of carbonyl (C=O) groups excluding carboxylic acids is 3. The molecule has 1 aliphatic heterocycles. The molecule has 0 saturated heterocycles. The molecule has 238 valence electrons. The van der Waals surface area contributed by atoms with Crippen LogP contribution in [0.25, 0.3) is 0 Å². The van der Waals surface area contributed by atoms with E-state index in [0.717, 1.165) is 11.1 Å². The maximum absolute atomic E-state index is 14.1. The molecule has 3 N–H and O–H groups in total. The van der Waals surface area contributed by atoms with Crippen LogP contribution in [0.1, 0.15) is 29.2 Å². The molecule has 1 heterocycles. The Morgan fingerprint density at radius 1 is 0.933 bits per heavy atom. The molecule has 45 heavy (non-hydrogen) atoms. The van der Waals surface area contributed by atoms with Gasteiger partial charge in [0.25, 0.3) is 0 Å². The van der Waals surface area contributed by atoms with Gasteiger partial charge in [-0.15, -0.1) is 0 Å². The lowest BCUT2D eigenvalue weighted by Crippen LogP contribution is -2.46. The van der Waals surface area contributed by atoms with Gasteiger partial charge in [-0.05, 0) is 42.3 Å². The van der Waals surface area contributed by atoms with Crippen LogP contribution in [0.5, 0.6) is 5.75 Å². The van der Waals surface area contributed by atoms with E-state index in [4.69, 9.17) is 4.74 Å². The van der Waals surface area contributed by atoms with E-state index in [1.807, 2.05) is 37.3 Å². The van der Waals surface area contributed by atoms with Crippen LogP contribution in [0, 0.1) is 6.92 Å². The number of hydrogen-bond acceptors (Lipinski definition) is 7. The van der Waals surface area contributed by atoms with Crippen LogP contribution < -0.4 is 15.4 Å². The molecule has 11 nitrogen and oxygen atoms in total. The van der Waals surface area contributed by atoms with E-state index in [1.54, 1.807) is 48.6 Å². The number of ether oxygens (including phenoxy) is 1. The molecular formula is C33H38N4O7S. The minimum atomic E-state index is -3.98. The van der Waals surface area contributed by atoms with Crippen LogP contribution >= 0.6 is 0 Å². The molecule has 1 aliphatic rings. The van der Waals surface area contributed by atoms with Crippen molar-refractivity contribution in [3.05, 3.63) is 108 Å². The monoisotopic (exact) mass is 634 g/mol. The summed E-state index contributed by atoms with van der Waals surface area (Å²) in [5, 5.41) is 14.6. The molecular weight excluding hydrogens is 596 g/mol. The Labute approximate surface area is 263 Å². The van der Waals surface area contributed by atoms with Crippen LogP contribution in [0.15, 0.2) is 95.9 Å². The van der Waals surface area contributed by atoms with Gasteiger partial charge in [0, 0.05) is 32.6 Å². The van der Waals surface area contributed by atoms with Crippen molar-refractivity contribution in [3.63, 3.8) is 0 Å². The van der Waals surface area contributed by atoms with E-state index in [0.29, 0.717) is 11.3 Å². The molecule has 0 fully saturated rings. The maximum Gasteiger partial charge on any atom is 0.247 e. The van der Waals surface area contributed by atoms with Crippen molar-refractivity contribution < 1.29 is 32.6 Å². The Morgan fingerprint density at radius 3 is 2.42 bits per heavy atom. The summed E-state index contributed by atoms with van der Waals surface area (Å²) in [5.74, 6) is -1.13. The second kappa shape index (κ2) is 16.0. The Hall–Kier alpha value is -4.52. The molecule has 0 aliphatic carbocycles. The summed E-state index contributed by atoms with van der Waals surface area (Å²) < 4.78 is 34.2. The van der Waals surface area contributed by atoms with Crippen molar-refractivity contribution in [2.45, 2.75) is 30.8 Å². The number of hydrogen-bond donors (Lipinski definition) is 3. The van der Waals surface area contributed by atoms with Gasteiger partial charge in [-0.2, -0.15) is 4.31 Å². The average molecular weight is 635 g/mol. The lowest BCUT2D eigenvalue weighted by molar-refractivity contribution is -0.142. The fraction of sp³-hybridized carbons (Fsp3) is 0.303. The summed E-state index contributed by atoms with van der Waals surface area (Å²) in [5.41, 5.74) is 2.07. The van der Waals surface area contributed by atoms with E-state index >= 15 is 0 Å². The second-order valence-electron chi connectivity index (χ2n) is 10.5. The summed E-state index contributed by atoms with van der Waals surface area (Å²) in [6.07, 6.45) is 3.03. The van der Waals surface area contributed by atoms with Gasteiger partial charge in [0.2, 0.25) is 27.7 Å². The Bertz CT molecular complexity index is 1590. The second-order valence-corrected chi connectivity index (χ2v) is 12.4. The highest BCUT2D eigenvalue weighted by Gasteiger charge is 2.33. The fourth-order valence-electron chi connectivity index (χ4n) is 4.82. The Kier molecular flexibility index (Phi) is 11.9. The van der Waals surface area contributed by atoms with E-state index in [-0.39, 0.29) is 57.3 Å². The van der Waals surface area contributed by atoms with Gasteiger partial charge >= 0.3 is 0 Å². The molecule has 3 amide bonds. The number of sulfonamides is 1. The number of carbonyl (C=O) groups is 3. The zero-order valence-corrected chi connectivity index (χ0v) is 25.9. The summed E-state index contributed by atoms with van der Waals surface area (Å²) in [4.78, 5) is 42.0. The molecule has 0 spiro atoms. The predicted molar refractivity (Wildman–Crippen MR) is 168 cm³/mol. The van der Waals surface area contributed by atoms with Crippen molar-refractivity contribution in [2.75, 3.05) is 39.4 Å². The number of nitrogens with zero attached hydrogens (tertiary/aromatic N) is 2. The van der Waals surface area contributed by atoms with Crippen molar-refractivity contribution in [2.24, 2.45) is 0 Å². The largest absolute Gasteiger partial charge is 0.491 e. The number of benzene rings is 3.